The van der Waals surface area contributed by atoms with Crippen molar-refractivity contribution in [3.8, 4) is 0 Å². The molecule has 1 aromatic carbocycles. The molecule has 1 N–H and O–H groups in total. The van der Waals surface area contributed by atoms with Gasteiger partial charge >= 0.3 is 0 Å². The lowest BCUT2D eigenvalue weighted by atomic mass is 9.94. The van der Waals surface area contributed by atoms with Gasteiger partial charge in [-0.2, -0.15) is 0 Å². The second-order valence-electron chi connectivity index (χ2n) is 6.39. The van der Waals surface area contributed by atoms with E-state index in [1.54, 1.807) is 0 Å². The largest absolute Gasteiger partial charge is 0.381 e. The molecule has 0 aliphatic heterocycles. The average molecular weight is 291 g/mol. The van der Waals surface area contributed by atoms with Gasteiger partial charge in [0.15, 0.2) is 0 Å². The quantitative estimate of drug-likeness (QED) is 0.616. The van der Waals surface area contributed by atoms with Crippen molar-refractivity contribution in [1.82, 2.24) is 5.32 Å². The molecule has 1 atom stereocenters. The molecule has 0 radical (unpaired) electrons. The lowest BCUT2D eigenvalue weighted by Crippen LogP contribution is -2.25. The summed E-state index contributed by atoms with van der Waals surface area (Å²) in [6.45, 7) is 12.8. The minimum absolute atomic E-state index is 0.657. The van der Waals surface area contributed by atoms with Crippen molar-refractivity contribution in [2.45, 2.75) is 47.0 Å². The first-order valence-corrected chi connectivity index (χ1v) is 8.46. The first-order valence-electron chi connectivity index (χ1n) is 8.46. The number of ether oxygens (including phenoxy) is 1. The van der Waals surface area contributed by atoms with Crippen LogP contribution in [0, 0.1) is 18.8 Å². The maximum atomic E-state index is 5.80. The Morgan fingerprint density at radius 3 is 2.48 bits per heavy atom. The van der Waals surface area contributed by atoms with E-state index in [0.29, 0.717) is 5.92 Å². The zero-order valence-electron chi connectivity index (χ0n) is 14.3. The molecule has 120 valence electrons. The van der Waals surface area contributed by atoms with E-state index in [2.05, 4.69) is 57.3 Å². The molecule has 0 saturated heterocycles. The smallest absolute Gasteiger partial charge is 0.0469 e. The maximum Gasteiger partial charge on any atom is 0.0469 e. The van der Waals surface area contributed by atoms with Crippen LogP contribution in [0.5, 0.6) is 0 Å². The summed E-state index contributed by atoms with van der Waals surface area (Å²) in [6.07, 6.45) is 3.45. The van der Waals surface area contributed by atoms with Gasteiger partial charge in [-0.3, -0.25) is 0 Å². The van der Waals surface area contributed by atoms with Crippen LogP contribution in [0.2, 0.25) is 0 Å². The number of hydrogen-bond acceptors (Lipinski definition) is 2. The molecule has 0 bridgehead atoms. The molecule has 2 heteroatoms. The Balaban J connectivity index is 2.38. The predicted molar refractivity (Wildman–Crippen MR) is 91.8 cm³/mol. The third kappa shape index (κ3) is 8.23. The molecule has 0 amide bonds. The van der Waals surface area contributed by atoms with Crippen LogP contribution >= 0.6 is 0 Å². The molecule has 0 aromatic heterocycles. The molecular weight excluding hydrogens is 258 g/mol. The van der Waals surface area contributed by atoms with Crippen LogP contribution in [0.1, 0.15) is 44.7 Å². The maximum absolute atomic E-state index is 5.80. The summed E-state index contributed by atoms with van der Waals surface area (Å²) in [7, 11) is 0. The number of hydrogen-bond donors (Lipinski definition) is 1. The molecule has 1 aromatic rings. The Morgan fingerprint density at radius 1 is 1.10 bits per heavy atom. The van der Waals surface area contributed by atoms with Crippen molar-refractivity contribution in [3.05, 3.63) is 35.4 Å². The standard InChI is InChI=1S/C19H33NO/c1-5-20-15-18(11-13-21-12-10-16(2)3)14-19-9-7-6-8-17(19)4/h6-9,16,18,20H,5,10-15H2,1-4H3. The molecule has 1 rings (SSSR count). The van der Waals surface area contributed by atoms with Crippen molar-refractivity contribution in [1.29, 1.82) is 0 Å². The van der Waals surface area contributed by atoms with Gasteiger partial charge in [0.25, 0.3) is 0 Å². The van der Waals surface area contributed by atoms with E-state index >= 15 is 0 Å². The van der Waals surface area contributed by atoms with E-state index in [1.165, 1.54) is 11.1 Å². The predicted octanol–water partition coefficient (Wildman–Crippen LogP) is 4.22. The summed E-state index contributed by atoms with van der Waals surface area (Å²) in [5, 5.41) is 3.49. The fourth-order valence-electron chi connectivity index (χ4n) is 2.45. The molecular formula is C19H33NO. The summed E-state index contributed by atoms with van der Waals surface area (Å²) in [5.74, 6) is 1.39. The van der Waals surface area contributed by atoms with E-state index in [0.717, 1.165) is 51.5 Å². The molecule has 21 heavy (non-hydrogen) atoms. The summed E-state index contributed by atoms with van der Waals surface area (Å²) in [5.41, 5.74) is 2.88. The van der Waals surface area contributed by atoms with Crippen LogP contribution in [-0.2, 0) is 11.2 Å². The van der Waals surface area contributed by atoms with E-state index in [4.69, 9.17) is 4.74 Å². The fourth-order valence-corrected chi connectivity index (χ4v) is 2.45. The molecule has 0 fully saturated rings. The van der Waals surface area contributed by atoms with Crippen molar-refractivity contribution in [2.75, 3.05) is 26.3 Å². The Bertz CT molecular complexity index is 376. The summed E-state index contributed by atoms with van der Waals surface area (Å²) >= 11 is 0. The highest BCUT2D eigenvalue weighted by Gasteiger charge is 2.11. The number of nitrogens with one attached hydrogen (secondary N) is 1. The highest BCUT2D eigenvalue weighted by Crippen LogP contribution is 2.16. The zero-order valence-corrected chi connectivity index (χ0v) is 14.3. The van der Waals surface area contributed by atoms with Crippen LogP contribution in [0.4, 0.5) is 0 Å². The van der Waals surface area contributed by atoms with Crippen molar-refractivity contribution >= 4 is 0 Å². The van der Waals surface area contributed by atoms with E-state index in [9.17, 15) is 0 Å². The van der Waals surface area contributed by atoms with E-state index < -0.39 is 0 Å². The second kappa shape index (κ2) is 10.8. The van der Waals surface area contributed by atoms with Gasteiger partial charge < -0.3 is 10.1 Å². The third-order valence-corrected chi connectivity index (χ3v) is 3.96. The van der Waals surface area contributed by atoms with Gasteiger partial charge in [-0.15, -0.1) is 0 Å². The molecule has 0 aliphatic rings. The first-order chi connectivity index (χ1) is 10.1. The molecule has 2 nitrogen and oxygen atoms in total. The van der Waals surface area contributed by atoms with Gasteiger partial charge in [0, 0.05) is 13.2 Å². The molecule has 1 unspecified atom stereocenters. The lowest BCUT2D eigenvalue weighted by Gasteiger charge is -2.19. The van der Waals surface area contributed by atoms with Crippen molar-refractivity contribution in [2.24, 2.45) is 11.8 Å². The van der Waals surface area contributed by atoms with Crippen LogP contribution in [0.25, 0.3) is 0 Å². The van der Waals surface area contributed by atoms with Crippen LogP contribution in [-0.4, -0.2) is 26.3 Å². The first kappa shape index (κ1) is 18.2. The minimum atomic E-state index is 0.657. The van der Waals surface area contributed by atoms with Gasteiger partial charge in [-0.25, -0.2) is 0 Å². The van der Waals surface area contributed by atoms with Crippen LogP contribution in [0.3, 0.4) is 0 Å². The Labute approximate surface area is 131 Å². The number of benzene rings is 1. The minimum Gasteiger partial charge on any atom is -0.381 e. The van der Waals surface area contributed by atoms with E-state index in [-0.39, 0.29) is 0 Å². The SMILES string of the molecule is CCNCC(CCOCCC(C)C)Cc1ccccc1C. The highest BCUT2D eigenvalue weighted by molar-refractivity contribution is 5.25. The van der Waals surface area contributed by atoms with E-state index in [1.807, 2.05) is 0 Å². The average Bonchev–Trinajstić information content (AvgIpc) is 2.46. The Morgan fingerprint density at radius 2 is 1.81 bits per heavy atom. The topological polar surface area (TPSA) is 21.3 Å². The van der Waals surface area contributed by atoms with Gasteiger partial charge in [0.2, 0.25) is 0 Å². The second-order valence-corrected chi connectivity index (χ2v) is 6.39. The van der Waals surface area contributed by atoms with Gasteiger partial charge in [-0.05, 0) is 62.2 Å². The molecule has 0 aliphatic carbocycles. The monoisotopic (exact) mass is 291 g/mol. The number of aryl methyl sites for hydroxylation is 1. The summed E-state index contributed by atoms with van der Waals surface area (Å²) in [6, 6.07) is 8.73. The van der Waals surface area contributed by atoms with Gasteiger partial charge in [0.05, 0.1) is 0 Å². The fraction of sp³-hybridized carbons (Fsp3) is 0.684. The Kier molecular flexibility index (Phi) is 9.36. The van der Waals surface area contributed by atoms with Crippen molar-refractivity contribution in [3.63, 3.8) is 0 Å². The van der Waals surface area contributed by atoms with Gasteiger partial charge in [0.1, 0.15) is 0 Å². The highest BCUT2D eigenvalue weighted by atomic mass is 16.5. The zero-order chi connectivity index (χ0) is 15.5. The summed E-state index contributed by atoms with van der Waals surface area (Å²) in [4.78, 5) is 0. The third-order valence-electron chi connectivity index (χ3n) is 3.96. The molecule has 0 spiro atoms. The molecule has 0 saturated carbocycles. The Hall–Kier alpha value is -0.860. The lowest BCUT2D eigenvalue weighted by molar-refractivity contribution is 0.110. The molecule has 0 heterocycles. The van der Waals surface area contributed by atoms with Crippen molar-refractivity contribution < 1.29 is 4.74 Å². The normalized spacial score (nSPS) is 12.8. The van der Waals surface area contributed by atoms with Crippen LogP contribution < -0.4 is 5.32 Å². The van der Waals surface area contributed by atoms with Gasteiger partial charge in [-0.1, -0.05) is 45.0 Å². The van der Waals surface area contributed by atoms with Crippen LogP contribution in [0.15, 0.2) is 24.3 Å². The number of rotatable bonds is 11. The summed E-state index contributed by atoms with van der Waals surface area (Å²) < 4.78 is 5.80.